The number of hydrogen-bond donors (Lipinski definition) is 0. The Labute approximate surface area is 138 Å². The molecule has 1 atom stereocenters. The van der Waals surface area contributed by atoms with Crippen molar-refractivity contribution in [3.63, 3.8) is 0 Å². The molecule has 3 fully saturated rings. The zero-order valence-corrected chi connectivity index (χ0v) is 13.8. The number of likely N-dealkylation sites (tertiary alicyclic amines) is 2. The van der Waals surface area contributed by atoms with Crippen molar-refractivity contribution in [1.82, 2.24) is 19.8 Å². The maximum atomic E-state index is 13.1. The predicted octanol–water partition coefficient (Wildman–Crippen LogP) is 2.09. The molecule has 0 radical (unpaired) electrons. The Hall–Kier alpha value is -1.49. The topological polar surface area (TPSA) is 49.3 Å². The summed E-state index contributed by atoms with van der Waals surface area (Å²) < 4.78 is 0. The molecule has 23 heavy (non-hydrogen) atoms. The van der Waals surface area contributed by atoms with Crippen LogP contribution in [0.15, 0.2) is 18.5 Å². The summed E-state index contributed by atoms with van der Waals surface area (Å²) in [6.07, 6.45) is 10.8. The van der Waals surface area contributed by atoms with Crippen molar-refractivity contribution in [2.75, 3.05) is 26.2 Å². The van der Waals surface area contributed by atoms with E-state index in [-0.39, 0.29) is 5.41 Å². The number of carbonyl (C=O) groups excluding carboxylic acids is 1. The molecule has 1 spiro atoms. The van der Waals surface area contributed by atoms with Crippen LogP contribution in [-0.4, -0.2) is 51.9 Å². The van der Waals surface area contributed by atoms with Crippen molar-refractivity contribution >= 4 is 5.91 Å². The van der Waals surface area contributed by atoms with E-state index in [1.54, 1.807) is 12.4 Å². The number of aromatic nitrogens is 2. The van der Waals surface area contributed by atoms with Gasteiger partial charge in [-0.1, -0.05) is 6.42 Å². The molecule has 3 heterocycles. The summed E-state index contributed by atoms with van der Waals surface area (Å²) in [4.78, 5) is 26.3. The van der Waals surface area contributed by atoms with E-state index in [1.807, 2.05) is 6.07 Å². The van der Waals surface area contributed by atoms with Crippen LogP contribution in [-0.2, 0) is 11.3 Å². The molecule has 2 saturated heterocycles. The summed E-state index contributed by atoms with van der Waals surface area (Å²) in [6, 6.07) is 1.85. The van der Waals surface area contributed by atoms with Crippen molar-refractivity contribution in [3.05, 3.63) is 24.3 Å². The third-order valence-electron chi connectivity index (χ3n) is 5.94. The van der Waals surface area contributed by atoms with Gasteiger partial charge in [0, 0.05) is 32.0 Å². The van der Waals surface area contributed by atoms with Gasteiger partial charge in [-0.2, -0.15) is 0 Å². The van der Waals surface area contributed by atoms with Gasteiger partial charge in [-0.25, -0.2) is 9.97 Å². The Morgan fingerprint density at radius 1 is 1.13 bits per heavy atom. The van der Waals surface area contributed by atoms with E-state index in [4.69, 9.17) is 0 Å². The van der Waals surface area contributed by atoms with Gasteiger partial charge >= 0.3 is 0 Å². The van der Waals surface area contributed by atoms with Gasteiger partial charge in [-0.15, -0.1) is 0 Å². The summed E-state index contributed by atoms with van der Waals surface area (Å²) in [5.41, 5.74) is -0.128. The molecular formula is C18H26N4O. The molecule has 3 aliphatic rings. The lowest BCUT2D eigenvalue weighted by Gasteiger charge is -2.42. The standard InChI is InChI=1S/C18H26N4O/c23-17-18(6-2-10-22(17)12-15-4-1-5-15)7-11-21(14-18)13-16-19-8-3-9-20-16/h3,8-9,15H,1-2,4-7,10-14H2. The van der Waals surface area contributed by atoms with Crippen molar-refractivity contribution < 1.29 is 4.79 Å². The molecular weight excluding hydrogens is 288 g/mol. The number of piperidine rings is 1. The Morgan fingerprint density at radius 3 is 2.70 bits per heavy atom. The zero-order chi connectivity index (χ0) is 15.7. The van der Waals surface area contributed by atoms with E-state index in [2.05, 4.69) is 19.8 Å². The van der Waals surface area contributed by atoms with Crippen LogP contribution in [0.2, 0.25) is 0 Å². The SMILES string of the molecule is O=C1N(CC2CCC2)CCCC12CCN(Cc1ncccn1)C2. The maximum Gasteiger partial charge on any atom is 0.230 e. The first-order chi connectivity index (χ1) is 11.3. The van der Waals surface area contributed by atoms with Crippen LogP contribution < -0.4 is 0 Å². The fraction of sp³-hybridized carbons (Fsp3) is 0.722. The van der Waals surface area contributed by atoms with Gasteiger partial charge in [0.25, 0.3) is 0 Å². The Kier molecular flexibility index (Phi) is 4.05. The molecule has 0 N–H and O–H groups in total. The predicted molar refractivity (Wildman–Crippen MR) is 87.5 cm³/mol. The average molecular weight is 314 g/mol. The van der Waals surface area contributed by atoms with Gasteiger partial charge in [0.15, 0.2) is 0 Å². The fourth-order valence-corrected chi connectivity index (χ4v) is 4.40. The van der Waals surface area contributed by atoms with E-state index < -0.39 is 0 Å². The Balaban J connectivity index is 1.40. The molecule has 1 amide bonds. The molecule has 0 aromatic carbocycles. The summed E-state index contributed by atoms with van der Waals surface area (Å²) in [7, 11) is 0. The molecule has 1 aliphatic carbocycles. The van der Waals surface area contributed by atoms with Crippen LogP contribution >= 0.6 is 0 Å². The van der Waals surface area contributed by atoms with E-state index >= 15 is 0 Å². The Bertz CT molecular complexity index is 559. The molecule has 4 rings (SSSR count). The summed E-state index contributed by atoms with van der Waals surface area (Å²) in [6.45, 7) is 4.60. The van der Waals surface area contributed by atoms with Crippen LogP contribution in [0.4, 0.5) is 0 Å². The second-order valence-electron chi connectivity index (χ2n) is 7.56. The minimum absolute atomic E-state index is 0.128. The molecule has 0 bridgehead atoms. The number of carbonyl (C=O) groups is 1. The van der Waals surface area contributed by atoms with Gasteiger partial charge in [0.1, 0.15) is 5.82 Å². The molecule has 2 aliphatic heterocycles. The lowest BCUT2D eigenvalue weighted by molar-refractivity contribution is -0.146. The van der Waals surface area contributed by atoms with E-state index in [0.29, 0.717) is 5.91 Å². The largest absolute Gasteiger partial charge is 0.342 e. The van der Waals surface area contributed by atoms with Crippen LogP contribution in [0, 0.1) is 11.3 Å². The first-order valence-electron chi connectivity index (χ1n) is 9.03. The van der Waals surface area contributed by atoms with Gasteiger partial charge < -0.3 is 4.90 Å². The van der Waals surface area contributed by atoms with Crippen molar-refractivity contribution in [3.8, 4) is 0 Å². The van der Waals surface area contributed by atoms with Gasteiger partial charge in [-0.3, -0.25) is 9.69 Å². The third-order valence-corrected chi connectivity index (χ3v) is 5.94. The molecule has 1 saturated carbocycles. The van der Waals surface area contributed by atoms with Crippen molar-refractivity contribution in [2.45, 2.75) is 45.1 Å². The number of nitrogens with zero attached hydrogens (tertiary/aromatic N) is 4. The lowest BCUT2D eigenvalue weighted by Crippen LogP contribution is -2.51. The minimum Gasteiger partial charge on any atom is -0.342 e. The van der Waals surface area contributed by atoms with E-state index in [9.17, 15) is 4.79 Å². The highest BCUT2D eigenvalue weighted by Crippen LogP contribution is 2.41. The zero-order valence-electron chi connectivity index (χ0n) is 13.8. The first kappa shape index (κ1) is 15.1. The average Bonchev–Trinajstić information content (AvgIpc) is 2.92. The Morgan fingerprint density at radius 2 is 1.96 bits per heavy atom. The van der Waals surface area contributed by atoms with Crippen molar-refractivity contribution in [1.29, 1.82) is 0 Å². The first-order valence-corrected chi connectivity index (χ1v) is 9.03. The van der Waals surface area contributed by atoms with E-state index in [0.717, 1.165) is 63.7 Å². The highest BCUT2D eigenvalue weighted by molar-refractivity contribution is 5.84. The maximum absolute atomic E-state index is 13.1. The highest BCUT2D eigenvalue weighted by atomic mass is 16.2. The van der Waals surface area contributed by atoms with Gasteiger partial charge in [-0.05, 0) is 50.6 Å². The van der Waals surface area contributed by atoms with Gasteiger partial charge in [0.05, 0.1) is 12.0 Å². The molecule has 1 unspecified atom stereocenters. The smallest absolute Gasteiger partial charge is 0.230 e. The minimum atomic E-state index is -0.128. The number of amides is 1. The third kappa shape index (κ3) is 2.99. The van der Waals surface area contributed by atoms with Crippen LogP contribution in [0.25, 0.3) is 0 Å². The number of hydrogen-bond acceptors (Lipinski definition) is 4. The molecule has 124 valence electrons. The highest BCUT2D eigenvalue weighted by Gasteiger charge is 2.48. The quantitative estimate of drug-likeness (QED) is 0.854. The van der Waals surface area contributed by atoms with Gasteiger partial charge in [0.2, 0.25) is 5.91 Å². The summed E-state index contributed by atoms with van der Waals surface area (Å²) >= 11 is 0. The molecule has 5 nitrogen and oxygen atoms in total. The monoisotopic (exact) mass is 314 g/mol. The fourth-order valence-electron chi connectivity index (χ4n) is 4.40. The van der Waals surface area contributed by atoms with Crippen LogP contribution in [0.3, 0.4) is 0 Å². The summed E-state index contributed by atoms with van der Waals surface area (Å²) in [5, 5.41) is 0. The normalized spacial score (nSPS) is 29.2. The second-order valence-corrected chi connectivity index (χ2v) is 7.56. The molecule has 5 heteroatoms. The lowest BCUT2D eigenvalue weighted by atomic mass is 9.77. The molecule has 1 aromatic rings. The number of rotatable bonds is 4. The summed E-state index contributed by atoms with van der Waals surface area (Å²) in [5.74, 6) is 2.05. The van der Waals surface area contributed by atoms with Crippen LogP contribution in [0.5, 0.6) is 0 Å². The second kappa shape index (κ2) is 6.19. The van der Waals surface area contributed by atoms with E-state index in [1.165, 1.54) is 19.3 Å². The van der Waals surface area contributed by atoms with Crippen LogP contribution in [0.1, 0.15) is 44.3 Å². The van der Waals surface area contributed by atoms with Crippen molar-refractivity contribution in [2.24, 2.45) is 11.3 Å². The molecule has 1 aromatic heterocycles.